The molecule has 2 heterocycles. The van der Waals surface area contributed by atoms with Crippen LogP contribution in [0.1, 0.15) is 47.4 Å². The lowest BCUT2D eigenvalue weighted by atomic mass is 10.0. The van der Waals surface area contributed by atoms with E-state index < -0.39 is 0 Å². The highest BCUT2D eigenvalue weighted by molar-refractivity contribution is 5.98. The van der Waals surface area contributed by atoms with Crippen molar-refractivity contribution in [3.05, 3.63) is 94.4 Å². The maximum atomic E-state index is 13.1. The third kappa shape index (κ3) is 3.96. The molecule has 0 aliphatic heterocycles. The minimum Gasteiger partial charge on any atom is -0.347 e. The number of benzene rings is 2. The van der Waals surface area contributed by atoms with E-state index in [9.17, 15) is 14.4 Å². The first-order chi connectivity index (χ1) is 15.8. The number of Topliss-reactive ketones (excluding diaryl/α,β-unsaturated/α-hetero) is 1. The third-order valence-electron chi connectivity index (χ3n) is 6.17. The van der Waals surface area contributed by atoms with E-state index in [4.69, 9.17) is 0 Å². The summed E-state index contributed by atoms with van der Waals surface area (Å²) in [5, 5.41) is 3.37. The van der Waals surface area contributed by atoms with Crippen molar-refractivity contribution >= 4 is 22.7 Å². The number of rotatable bonds is 5. The molecule has 0 radical (unpaired) electrons. The highest BCUT2D eigenvalue weighted by atomic mass is 16.2. The van der Waals surface area contributed by atoms with Crippen molar-refractivity contribution in [2.45, 2.75) is 32.2 Å². The number of nitrogens with zero attached hydrogens (tertiary/aromatic N) is 2. The maximum absolute atomic E-state index is 13.1. The maximum Gasteiger partial charge on any atom is 0.257 e. The molecule has 2 aromatic carbocycles. The SMILES string of the molecule is CC(=O)c1ccc(-c2cccc(-n3cc(C(=O)NC4(C)CC4)c(=O)c4cccnc43)c2)cc1. The molecule has 0 saturated heterocycles. The Labute approximate surface area is 190 Å². The van der Waals surface area contributed by atoms with Gasteiger partial charge in [0, 0.05) is 29.2 Å². The second-order valence-electron chi connectivity index (χ2n) is 8.82. The second kappa shape index (κ2) is 7.81. The number of carbonyl (C=O) groups excluding carboxylic acids is 2. The van der Waals surface area contributed by atoms with Gasteiger partial charge in [0.2, 0.25) is 5.43 Å². The van der Waals surface area contributed by atoms with E-state index in [0.717, 1.165) is 29.7 Å². The molecule has 1 N–H and O–H groups in total. The summed E-state index contributed by atoms with van der Waals surface area (Å²) >= 11 is 0. The zero-order valence-corrected chi connectivity index (χ0v) is 18.5. The predicted octanol–water partition coefficient (Wildman–Crippen LogP) is 4.54. The molecule has 1 fully saturated rings. The molecule has 0 bridgehead atoms. The van der Waals surface area contributed by atoms with Crippen LogP contribution in [-0.2, 0) is 0 Å². The number of amides is 1. The van der Waals surface area contributed by atoms with Crippen molar-refractivity contribution in [1.29, 1.82) is 0 Å². The van der Waals surface area contributed by atoms with Crippen molar-refractivity contribution in [1.82, 2.24) is 14.9 Å². The van der Waals surface area contributed by atoms with E-state index in [2.05, 4.69) is 10.3 Å². The lowest BCUT2D eigenvalue weighted by Gasteiger charge is -2.15. The van der Waals surface area contributed by atoms with Crippen LogP contribution >= 0.6 is 0 Å². The zero-order valence-electron chi connectivity index (χ0n) is 18.5. The van der Waals surface area contributed by atoms with E-state index >= 15 is 0 Å². The number of fused-ring (bicyclic) bond motifs is 1. The Morgan fingerprint density at radius 3 is 2.45 bits per heavy atom. The first kappa shape index (κ1) is 20.8. The molecular formula is C27H23N3O3. The number of nitrogens with one attached hydrogen (secondary N) is 1. The molecule has 1 saturated carbocycles. The van der Waals surface area contributed by atoms with Crippen LogP contribution in [0.4, 0.5) is 0 Å². The molecule has 1 amide bonds. The fraction of sp³-hybridized carbons (Fsp3) is 0.185. The minimum atomic E-state index is -0.365. The molecule has 1 aliphatic carbocycles. The highest BCUT2D eigenvalue weighted by Gasteiger charge is 2.39. The predicted molar refractivity (Wildman–Crippen MR) is 128 cm³/mol. The van der Waals surface area contributed by atoms with Gasteiger partial charge in [0.25, 0.3) is 5.91 Å². The van der Waals surface area contributed by atoms with Gasteiger partial charge in [-0.1, -0.05) is 36.4 Å². The molecule has 0 unspecified atom stereocenters. The molecule has 6 nitrogen and oxygen atoms in total. The Kier molecular flexibility index (Phi) is 4.93. The average molecular weight is 437 g/mol. The van der Waals surface area contributed by atoms with Gasteiger partial charge in [-0.2, -0.15) is 0 Å². The number of hydrogen-bond donors (Lipinski definition) is 1. The number of ketones is 1. The van der Waals surface area contributed by atoms with Crippen molar-refractivity contribution in [2.75, 3.05) is 0 Å². The monoisotopic (exact) mass is 437 g/mol. The van der Waals surface area contributed by atoms with Gasteiger partial charge < -0.3 is 9.88 Å². The van der Waals surface area contributed by atoms with Crippen molar-refractivity contribution < 1.29 is 9.59 Å². The van der Waals surface area contributed by atoms with Crippen LogP contribution < -0.4 is 10.7 Å². The van der Waals surface area contributed by atoms with E-state index in [0.29, 0.717) is 16.6 Å². The van der Waals surface area contributed by atoms with Gasteiger partial charge in [-0.05, 0) is 62.1 Å². The summed E-state index contributed by atoms with van der Waals surface area (Å²) in [6, 6.07) is 18.6. The minimum absolute atomic E-state index is 0.0203. The fourth-order valence-electron chi connectivity index (χ4n) is 3.91. The standard InChI is InChI=1S/C27H23N3O3/c1-17(31)18-8-10-19(11-9-18)20-5-3-6-21(15-20)30-16-23(26(33)29-27(2)12-13-27)24(32)22-7-4-14-28-25(22)30/h3-11,14-16H,12-13H2,1-2H3,(H,29,33). The van der Waals surface area contributed by atoms with Crippen molar-refractivity contribution in [3.63, 3.8) is 0 Å². The molecule has 0 spiro atoms. The lowest BCUT2D eigenvalue weighted by Crippen LogP contribution is -2.37. The van der Waals surface area contributed by atoms with E-state index in [-0.39, 0.29) is 28.2 Å². The van der Waals surface area contributed by atoms with E-state index in [1.54, 1.807) is 36.0 Å². The van der Waals surface area contributed by atoms with Crippen LogP contribution in [0.2, 0.25) is 0 Å². The lowest BCUT2D eigenvalue weighted by molar-refractivity contribution is 0.0933. The smallest absolute Gasteiger partial charge is 0.257 e. The van der Waals surface area contributed by atoms with Gasteiger partial charge in [0.1, 0.15) is 11.2 Å². The number of hydrogen-bond acceptors (Lipinski definition) is 4. The Morgan fingerprint density at radius 1 is 1.00 bits per heavy atom. The Bertz CT molecular complexity index is 1460. The van der Waals surface area contributed by atoms with Crippen LogP contribution in [0.25, 0.3) is 27.8 Å². The Balaban J connectivity index is 1.63. The summed E-state index contributed by atoms with van der Waals surface area (Å²) in [5.74, 6) is -0.345. The van der Waals surface area contributed by atoms with Gasteiger partial charge in [-0.25, -0.2) is 4.98 Å². The molecule has 2 aromatic heterocycles. The Hall–Kier alpha value is -4.06. The molecule has 6 heteroatoms. The van der Waals surface area contributed by atoms with Gasteiger partial charge in [0.05, 0.1) is 5.39 Å². The molecule has 1 aliphatic rings. The van der Waals surface area contributed by atoms with Crippen LogP contribution in [0, 0.1) is 0 Å². The second-order valence-corrected chi connectivity index (χ2v) is 8.82. The zero-order chi connectivity index (χ0) is 23.2. The van der Waals surface area contributed by atoms with Gasteiger partial charge >= 0.3 is 0 Å². The quantitative estimate of drug-likeness (QED) is 0.465. The highest BCUT2D eigenvalue weighted by Crippen LogP contribution is 2.34. The van der Waals surface area contributed by atoms with Gasteiger partial charge in [-0.3, -0.25) is 14.4 Å². The number of aromatic nitrogens is 2. The van der Waals surface area contributed by atoms with Crippen LogP contribution in [0.15, 0.2) is 77.9 Å². The van der Waals surface area contributed by atoms with Crippen LogP contribution in [-0.4, -0.2) is 26.8 Å². The first-order valence-electron chi connectivity index (χ1n) is 10.9. The third-order valence-corrected chi connectivity index (χ3v) is 6.17. The van der Waals surface area contributed by atoms with Crippen LogP contribution in [0.5, 0.6) is 0 Å². The Morgan fingerprint density at radius 2 is 1.76 bits per heavy atom. The molecular weight excluding hydrogens is 414 g/mol. The average Bonchev–Trinajstić information content (AvgIpc) is 3.55. The molecule has 0 atom stereocenters. The molecule has 4 aromatic rings. The fourth-order valence-corrected chi connectivity index (χ4v) is 3.91. The van der Waals surface area contributed by atoms with E-state index in [1.807, 2.05) is 55.5 Å². The summed E-state index contributed by atoms with van der Waals surface area (Å²) in [6.45, 7) is 3.52. The topological polar surface area (TPSA) is 81.1 Å². The molecule has 5 rings (SSSR count). The normalized spacial score (nSPS) is 14.1. The summed E-state index contributed by atoms with van der Waals surface area (Å²) < 4.78 is 1.79. The van der Waals surface area contributed by atoms with E-state index in [1.165, 1.54) is 0 Å². The number of pyridine rings is 2. The summed E-state index contributed by atoms with van der Waals surface area (Å²) in [6.07, 6.45) is 5.03. The van der Waals surface area contributed by atoms with Crippen molar-refractivity contribution in [2.24, 2.45) is 0 Å². The molecule has 164 valence electrons. The molecule has 33 heavy (non-hydrogen) atoms. The largest absolute Gasteiger partial charge is 0.347 e. The van der Waals surface area contributed by atoms with Crippen molar-refractivity contribution in [3.8, 4) is 16.8 Å². The van der Waals surface area contributed by atoms with Gasteiger partial charge in [0.15, 0.2) is 5.78 Å². The summed E-state index contributed by atoms with van der Waals surface area (Å²) in [5.41, 5.74) is 3.36. The summed E-state index contributed by atoms with van der Waals surface area (Å²) in [7, 11) is 0. The van der Waals surface area contributed by atoms with Gasteiger partial charge in [-0.15, -0.1) is 0 Å². The van der Waals surface area contributed by atoms with Crippen LogP contribution in [0.3, 0.4) is 0 Å². The first-order valence-corrected chi connectivity index (χ1v) is 10.9. The number of carbonyl (C=O) groups is 2. The summed E-state index contributed by atoms with van der Waals surface area (Å²) in [4.78, 5) is 42.1.